The number of nitrogens with zero attached hydrogens (tertiary/aromatic N) is 2. The molecule has 138 valence electrons. The van der Waals surface area contributed by atoms with E-state index >= 15 is 0 Å². The highest BCUT2D eigenvalue weighted by atomic mass is 35.5. The number of amides is 1. The maximum Gasteiger partial charge on any atom is 0.251 e. The predicted molar refractivity (Wildman–Crippen MR) is 102 cm³/mol. The highest BCUT2D eigenvalue weighted by Crippen LogP contribution is 2.10. The topological polar surface area (TPSA) is 68.2 Å². The molecule has 1 aromatic heterocycles. The summed E-state index contributed by atoms with van der Waals surface area (Å²) in [4.78, 5) is 12.2. The number of hydrogen-bond donors (Lipinski definition) is 2. The lowest BCUT2D eigenvalue weighted by molar-refractivity contribution is 0.0953. The van der Waals surface area contributed by atoms with Crippen molar-refractivity contribution in [1.82, 2.24) is 20.4 Å². The van der Waals surface area contributed by atoms with E-state index in [2.05, 4.69) is 15.7 Å². The Balaban J connectivity index is 0.00000312. The summed E-state index contributed by atoms with van der Waals surface area (Å²) in [6, 6.07) is 9.72. The van der Waals surface area contributed by atoms with E-state index in [1.54, 1.807) is 7.11 Å². The number of ether oxygens (including phenoxy) is 1. The number of hydrogen-bond acceptors (Lipinski definition) is 4. The Bertz CT molecular complexity index is 673. The van der Waals surface area contributed by atoms with E-state index in [1.165, 1.54) is 0 Å². The lowest BCUT2D eigenvalue weighted by Crippen LogP contribution is -2.33. The molecule has 1 aromatic carbocycles. The molecule has 25 heavy (non-hydrogen) atoms. The molecular weight excluding hydrogens is 340 g/mol. The van der Waals surface area contributed by atoms with Gasteiger partial charge in [-0.15, -0.1) is 12.4 Å². The second-order valence-electron chi connectivity index (χ2n) is 5.78. The number of methoxy groups -OCH3 is 1. The zero-order valence-electron chi connectivity index (χ0n) is 15.0. The second-order valence-corrected chi connectivity index (χ2v) is 5.78. The van der Waals surface area contributed by atoms with Gasteiger partial charge < -0.3 is 15.4 Å². The summed E-state index contributed by atoms with van der Waals surface area (Å²) in [5.74, 6) is -0.0567. The Morgan fingerprint density at radius 2 is 2.00 bits per heavy atom. The van der Waals surface area contributed by atoms with Crippen molar-refractivity contribution in [2.24, 2.45) is 0 Å². The molecule has 2 rings (SSSR count). The van der Waals surface area contributed by atoms with Crippen LogP contribution < -0.4 is 10.6 Å². The van der Waals surface area contributed by atoms with Crippen molar-refractivity contribution in [2.75, 3.05) is 33.4 Å². The van der Waals surface area contributed by atoms with Crippen LogP contribution in [-0.4, -0.2) is 49.0 Å². The van der Waals surface area contributed by atoms with Gasteiger partial charge in [-0.25, -0.2) is 0 Å². The number of carbonyl (C=O) groups is 1. The Labute approximate surface area is 155 Å². The standard InChI is InChI=1S/C18H26N4O2.ClH/c1-14-11-15(2)22(21-14)13-16-5-4-6-17(12-16)18(23)20-8-7-19-9-10-24-3;/h4-6,11-12,19H,7-10,13H2,1-3H3,(H,20,23);1H. The van der Waals surface area contributed by atoms with Crippen molar-refractivity contribution in [3.63, 3.8) is 0 Å². The van der Waals surface area contributed by atoms with Crippen LogP contribution >= 0.6 is 12.4 Å². The monoisotopic (exact) mass is 366 g/mol. The summed E-state index contributed by atoms with van der Waals surface area (Å²) in [5, 5.41) is 10.6. The number of benzene rings is 1. The molecule has 6 nitrogen and oxygen atoms in total. The molecular formula is C18H27ClN4O2. The third-order valence-electron chi connectivity index (χ3n) is 3.70. The summed E-state index contributed by atoms with van der Waals surface area (Å²) < 4.78 is 6.90. The lowest BCUT2D eigenvalue weighted by atomic mass is 10.1. The maximum atomic E-state index is 12.2. The van der Waals surface area contributed by atoms with Gasteiger partial charge in [-0.2, -0.15) is 5.10 Å². The molecule has 0 atom stereocenters. The van der Waals surface area contributed by atoms with E-state index in [1.807, 2.05) is 48.9 Å². The minimum Gasteiger partial charge on any atom is -0.383 e. The van der Waals surface area contributed by atoms with Gasteiger partial charge in [0, 0.05) is 38.0 Å². The van der Waals surface area contributed by atoms with Crippen LogP contribution in [0.4, 0.5) is 0 Å². The molecule has 0 spiro atoms. The van der Waals surface area contributed by atoms with E-state index < -0.39 is 0 Å². The van der Waals surface area contributed by atoms with Crippen LogP contribution in [0.3, 0.4) is 0 Å². The van der Waals surface area contributed by atoms with Crippen LogP contribution in [0.15, 0.2) is 30.3 Å². The Morgan fingerprint density at radius 1 is 1.20 bits per heavy atom. The van der Waals surface area contributed by atoms with E-state index in [9.17, 15) is 4.79 Å². The summed E-state index contributed by atoms with van der Waals surface area (Å²) in [7, 11) is 1.67. The van der Waals surface area contributed by atoms with Crippen molar-refractivity contribution in [1.29, 1.82) is 0 Å². The molecule has 0 unspecified atom stereocenters. The first-order valence-corrected chi connectivity index (χ1v) is 8.18. The van der Waals surface area contributed by atoms with E-state index in [-0.39, 0.29) is 18.3 Å². The summed E-state index contributed by atoms with van der Waals surface area (Å²) in [6.45, 7) is 7.44. The summed E-state index contributed by atoms with van der Waals surface area (Å²) in [5.41, 5.74) is 3.85. The minimum atomic E-state index is -0.0567. The molecule has 2 N–H and O–H groups in total. The summed E-state index contributed by atoms with van der Waals surface area (Å²) in [6.07, 6.45) is 0. The van der Waals surface area contributed by atoms with Gasteiger partial charge in [0.25, 0.3) is 5.91 Å². The van der Waals surface area contributed by atoms with Gasteiger partial charge in [-0.1, -0.05) is 12.1 Å². The molecule has 0 radical (unpaired) electrons. The fourth-order valence-electron chi connectivity index (χ4n) is 2.48. The van der Waals surface area contributed by atoms with Crippen LogP contribution in [0.25, 0.3) is 0 Å². The highest BCUT2D eigenvalue weighted by molar-refractivity contribution is 5.94. The van der Waals surface area contributed by atoms with E-state index in [0.717, 1.165) is 30.0 Å². The van der Waals surface area contributed by atoms with Crippen LogP contribution in [-0.2, 0) is 11.3 Å². The molecule has 0 fully saturated rings. The van der Waals surface area contributed by atoms with Crippen LogP contribution in [0, 0.1) is 13.8 Å². The quantitative estimate of drug-likeness (QED) is 0.665. The first kappa shape index (κ1) is 21.2. The van der Waals surface area contributed by atoms with Crippen molar-refractivity contribution in [3.8, 4) is 0 Å². The van der Waals surface area contributed by atoms with Crippen LogP contribution in [0.1, 0.15) is 27.3 Å². The van der Waals surface area contributed by atoms with Crippen molar-refractivity contribution in [2.45, 2.75) is 20.4 Å². The SMILES string of the molecule is COCCNCCNC(=O)c1cccc(Cn2nc(C)cc2C)c1.Cl. The molecule has 1 heterocycles. The first-order valence-electron chi connectivity index (χ1n) is 8.18. The maximum absolute atomic E-state index is 12.2. The fraction of sp³-hybridized carbons (Fsp3) is 0.444. The van der Waals surface area contributed by atoms with Gasteiger partial charge in [0.1, 0.15) is 0 Å². The average molecular weight is 367 g/mol. The number of carbonyl (C=O) groups excluding carboxylic acids is 1. The van der Waals surface area contributed by atoms with Gasteiger partial charge >= 0.3 is 0 Å². The number of nitrogens with one attached hydrogen (secondary N) is 2. The van der Waals surface area contributed by atoms with Crippen LogP contribution in [0.5, 0.6) is 0 Å². The van der Waals surface area contributed by atoms with Crippen molar-refractivity contribution < 1.29 is 9.53 Å². The second kappa shape index (κ2) is 10.9. The third kappa shape index (κ3) is 6.86. The molecule has 0 aliphatic carbocycles. The van der Waals surface area contributed by atoms with Crippen molar-refractivity contribution in [3.05, 3.63) is 52.8 Å². The fourth-order valence-corrected chi connectivity index (χ4v) is 2.48. The largest absolute Gasteiger partial charge is 0.383 e. The molecule has 0 saturated carbocycles. The smallest absolute Gasteiger partial charge is 0.251 e. The predicted octanol–water partition coefficient (Wildman–Crippen LogP) is 1.94. The molecule has 2 aromatic rings. The van der Waals surface area contributed by atoms with Gasteiger partial charge in [0.05, 0.1) is 18.8 Å². The number of rotatable bonds is 9. The molecule has 0 bridgehead atoms. The Kier molecular flexibility index (Phi) is 9.20. The summed E-state index contributed by atoms with van der Waals surface area (Å²) >= 11 is 0. The van der Waals surface area contributed by atoms with Crippen molar-refractivity contribution >= 4 is 18.3 Å². The first-order chi connectivity index (χ1) is 11.6. The van der Waals surface area contributed by atoms with Crippen LogP contribution in [0.2, 0.25) is 0 Å². The number of aryl methyl sites for hydroxylation is 2. The average Bonchev–Trinajstić information content (AvgIpc) is 2.88. The number of halogens is 1. The lowest BCUT2D eigenvalue weighted by Gasteiger charge is -2.09. The Morgan fingerprint density at radius 3 is 2.68 bits per heavy atom. The normalized spacial score (nSPS) is 10.4. The van der Waals surface area contributed by atoms with E-state index in [0.29, 0.717) is 25.3 Å². The number of aromatic nitrogens is 2. The molecule has 0 aliphatic rings. The molecule has 7 heteroatoms. The molecule has 0 saturated heterocycles. The van der Waals surface area contributed by atoms with Gasteiger partial charge in [-0.05, 0) is 37.6 Å². The molecule has 1 amide bonds. The van der Waals surface area contributed by atoms with Gasteiger partial charge in [0.15, 0.2) is 0 Å². The van der Waals surface area contributed by atoms with Gasteiger partial charge in [-0.3, -0.25) is 9.48 Å². The van der Waals surface area contributed by atoms with Gasteiger partial charge in [0.2, 0.25) is 0 Å². The Hall–Kier alpha value is -1.89. The zero-order valence-corrected chi connectivity index (χ0v) is 15.9. The third-order valence-corrected chi connectivity index (χ3v) is 3.70. The van der Waals surface area contributed by atoms with E-state index in [4.69, 9.17) is 4.74 Å². The minimum absolute atomic E-state index is 0. The highest BCUT2D eigenvalue weighted by Gasteiger charge is 2.07. The zero-order chi connectivity index (χ0) is 17.4. The molecule has 0 aliphatic heterocycles.